The van der Waals surface area contributed by atoms with Crippen LogP contribution in [0.2, 0.25) is 0 Å². The lowest BCUT2D eigenvalue weighted by Gasteiger charge is -2.32. The van der Waals surface area contributed by atoms with Gasteiger partial charge >= 0.3 is 0 Å². The van der Waals surface area contributed by atoms with Crippen molar-refractivity contribution in [1.29, 1.82) is 0 Å². The van der Waals surface area contributed by atoms with Gasteiger partial charge in [-0.2, -0.15) is 0 Å². The number of carbonyl (C=O) groups excluding carboxylic acids is 2. The van der Waals surface area contributed by atoms with Crippen LogP contribution in [0, 0.1) is 5.41 Å². The van der Waals surface area contributed by atoms with Gasteiger partial charge in [0.2, 0.25) is 11.8 Å². The Morgan fingerprint density at radius 2 is 2.16 bits per heavy atom. The molecule has 4 nitrogen and oxygen atoms in total. The molecule has 1 aliphatic heterocycles. The molecule has 1 unspecified atom stereocenters. The van der Waals surface area contributed by atoms with Crippen molar-refractivity contribution in [3.63, 3.8) is 0 Å². The zero-order valence-electron chi connectivity index (χ0n) is 11.6. The van der Waals surface area contributed by atoms with Gasteiger partial charge in [0.05, 0.1) is 6.54 Å². The molecule has 1 aromatic heterocycles. The molecule has 0 spiro atoms. The summed E-state index contributed by atoms with van der Waals surface area (Å²) in [6.07, 6.45) is 0.379. The average molecular weight is 280 g/mol. The number of thiophene rings is 1. The van der Waals surface area contributed by atoms with E-state index in [9.17, 15) is 9.59 Å². The molecular formula is C14H20N2O2S. The summed E-state index contributed by atoms with van der Waals surface area (Å²) in [5, 5.41) is 4.85. The smallest absolute Gasteiger partial charge is 0.246 e. The first-order valence-electron chi connectivity index (χ1n) is 6.48. The third-order valence-corrected chi connectivity index (χ3v) is 4.13. The van der Waals surface area contributed by atoms with Gasteiger partial charge < -0.3 is 10.2 Å². The summed E-state index contributed by atoms with van der Waals surface area (Å²) >= 11 is 1.64. The third kappa shape index (κ3) is 3.35. The SMILES string of the molecule is CC(C)(C)C1NC(=O)CCN(Cc2cccs2)C1=O. The van der Waals surface area contributed by atoms with Crippen molar-refractivity contribution in [1.82, 2.24) is 10.2 Å². The second-order valence-corrected chi connectivity index (χ2v) is 6.99. The number of amides is 2. The van der Waals surface area contributed by atoms with E-state index in [2.05, 4.69) is 5.32 Å². The Bertz CT molecular complexity index is 462. The Morgan fingerprint density at radius 3 is 2.74 bits per heavy atom. The highest BCUT2D eigenvalue weighted by atomic mass is 32.1. The highest BCUT2D eigenvalue weighted by Gasteiger charge is 2.37. The van der Waals surface area contributed by atoms with Gasteiger partial charge in [0, 0.05) is 17.8 Å². The van der Waals surface area contributed by atoms with Crippen LogP contribution < -0.4 is 5.32 Å². The highest BCUT2D eigenvalue weighted by molar-refractivity contribution is 7.09. The van der Waals surface area contributed by atoms with Gasteiger partial charge in [-0.05, 0) is 16.9 Å². The molecule has 2 amide bonds. The number of carbonyl (C=O) groups is 2. The van der Waals surface area contributed by atoms with Crippen molar-refractivity contribution >= 4 is 23.2 Å². The maximum atomic E-state index is 12.6. The Morgan fingerprint density at radius 1 is 1.42 bits per heavy atom. The highest BCUT2D eigenvalue weighted by Crippen LogP contribution is 2.24. The molecule has 5 heteroatoms. The van der Waals surface area contributed by atoms with Gasteiger partial charge in [-0.25, -0.2) is 0 Å². The molecule has 0 radical (unpaired) electrons. The minimum atomic E-state index is -0.442. The standard InChI is InChI=1S/C14H20N2O2S/c1-14(2,3)12-13(18)16(7-6-11(17)15-12)9-10-5-4-8-19-10/h4-5,8,12H,6-7,9H2,1-3H3,(H,15,17). The van der Waals surface area contributed by atoms with E-state index in [1.54, 1.807) is 16.2 Å². The Kier molecular flexibility index (Phi) is 3.94. The second-order valence-electron chi connectivity index (χ2n) is 5.96. The molecule has 2 rings (SSSR count). The lowest BCUT2D eigenvalue weighted by molar-refractivity contribution is -0.136. The predicted molar refractivity (Wildman–Crippen MR) is 75.7 cm³/mol. The van der Waals surface area contributed by atoms with Crippen LogP contribution in [0.3, 0.4) is 0 Å². The molecule has 104 valence electrons. The van der Waals surface area contributed by atoms with E-state index in [1.807, 2.05) is 38.3 Å². The van der Waals surface area contributed by atoms with Crippen LogP contribution in [0.15, 0.2) is 17.5 Å². The van der Waals surface area contributed by atoms with E-state index in [-0.39, 0.29) is 17.2 Å². The molecule has 0 aromatic carbocycles. The summed E-state index contributed by atoms with van der Waals surface area (Å²) in [6, 6.07) is 3.55. The van der Waals surface area contributed by atoms with Crippen molar-refractivity contribution in [3.8, 4) is 0 Å². The summed E-state index contributed by atoms with van der Waals surface area (Å²) < 4.78 is 0. The van der Waals surface area contributed by atoms with Crippen LogP contribution in [-0.2, 0) is 16.1 Å². The fourth-order valence-corrected chi connectivity index (χ4v) is 2.88. The molecule has 1 saturated heterocycles. The number of rotatable bonds is 2. The van der Waals surface area contributed by atoms with E-state index in [4.69, 9.17) is 0 Å². The van der Waals surface area contributed by atoms with E-state index in [0.717, 1.165) is 4.88 Å². The molecule has 0 saturated carbocycles. The van der Waals surface area contributed by atoms with Crippen LogP contribution in [0.1, 0.15) is 32.1 Å². The van der Waals surface area contributed by atoms with Gasteiger partial charge in [-0.3, -0.25) is 9.59 Å². The molecule has 1 fully saturated rings. The Balaban J connectivity index is 2.19. The van der Waals surface area contributed by atoms with E-state index in [1.165, 1.54) is 0 Å². The van der Waals surface area contributed by atoms with Gasteiger partial charge in [-0.15, -0.1) is 11.3 Å². The minimum absolute atomic E-state index is 0.0201. The number of nitrogens with one attached hydrogen (secondary N) is 1. The lowest BCUT2D eigenvalue weighted by atomic mass is 9.86. The third-order valence-electron chi connectivity index (χ3n) is 3.27. The molecule has 2 heterocycles. The molecule has 0 aliphatic carbocycles. The fourth-order valence-electron chi connectivity index (χ4n) is 2.16. The van der Waals surface area contributed by atoms with Crippen molar-refractivity contribution in [2.45, 2.75) is 39.8 Å². The van der Waals surface area contributed by atoms with Crippen LogP contribution in [-0.4, -0.2) is 29.3 Å². The molecule has 0 bridgehead atoms. The number of hydrogen-bond acceptors (Lipinski definition) is 3. The summed E-state index contributed by atoms with van der Waals surface area (Å²) in [5.41, 5.74) is -0.273. The molecule has 19 heavy (non-hydrogen) atoms. The molecule has 1 aliphatic rings. The van der Waals surface area contributed by atoms with Crippen LogP contribution in [0.5, 0.6) is 0 Å². The van der Waals surface area contributed by atoms with E-state index < -0.39 is 6.04 Å². The molecular weight excluding hydrogens is 260 g/mol. The maximum Gasteiger partial charge on any atom is 0.246 e. The Hall–Kier alpha value is -1.36. The first kappa shape index (κ1) is 14.1. The topological polar surface area (TPSA) is 49.4 Å². The van der Waals surface area contributed by atoms with Crippen molar-refractivity contribution in [3.05, 3.63) is 22.4 Å². The zero-order chi connectivity index (χ0) is 14.0. The van der Waals surface area contributed by atoms with Gasteiger partial charge in [0.25, 0.3) is 0 Å². The summed E-state index contributed by atoms with van der Waals surface area (Å²) in [7, 11) is 0. The van der Waals surface area contributed by atoms with E-state index >= 15 is 0 Å². The summed E-state index contributed by atoms with van der Waals surface area (Å²) in [5.74, 6) is -0.0197. The quantitative estimate of drug-likeness (QED) is 0.901. The first-order chi connectivity index (χ1) is 8.88. The number of hydrogen-bond donors (Lipinski definition) is 1. The first-order valence-corrected chi connectivity index (χ1v) is 7.36. The van der Waals surface area contributed by atoms with Crippen molar-refractivity contribution < 1.29 is 9.59 Å². The summed E-state index contributed by atoms with van der Waals surface area (Å²) in [6.45, 7) is 7.02. The number of nitrogens with zero attached hydrogens (tertiary/aromatic N) is 1. The molecule has 1 atom stereocenters. The minimum Gasteiger partial charge on any atom is -0.344 e. The molecule has 1 aromatic rings. The largest absolute Gasteiger partial charge is 0.344 e. The average Bonchev–Trinajstić information content (AvgIpc) is 2.77. The fraction of sp³-hybridized carbons (Fsp3) is 0.571. The molecule has 1 N–H and O–H groups in total. The monoisotopic (exact) mass is 280 g/mol. The lowest BCUT2D eigenvalue weighted by Crippen LogP contribution is -2.51. The zero-order valence-corrected chi connectivity index (χ0v) is 12.4. The van der Waals surface area contributed by atoms with Gasteiger partial charge in [0.1, 0.15) is 6.04 Å². The van der Waals surface area contributed by atoms with Crippen molar-refractivity contribution in [2.24, 2.45) is 5.41 Å². The maximum absolute atomic E-state index is 12.6. The van der Waals surface area contributed by atoms with E-state index in [0.29, 0.717) is 19.5 Å². The van der Waals surface area contributed by atoms with Crippen molar-refractivity contribution in [2.75, 3.05) is 6.54 Å². The van der Waals surface area contributed by atoms with Gasteiger partial charge in [-0.1, -0.05) is 26.8 Å². The normalized spacial score (nSPS) is 21.2. The second kappa shape index (κ2) is 5.33. The van der Waals surface area contributed by atoms with Crippen LogP contribution in [0.25, 0.3) is 0 Å². The Labute approximate surface area is 117 Å². The predicted octanol–water partition coefficient (Wildman–Crippen LogP) is 2.01. The summed E-state index contributed by atoms with van der Waals surface area (Å²) in [4.78, 5) is 27.3. The van der Waals surface area contributed by atoms with Gasteiger partial charge in [0.15, 0.2) is 0 Å². The van der Waals surface area contributed by atoms with Crippen LogP contribution >= 0.6 is 11.3 Å². The van der Waals surface area contributed by atoms with Crippen LogP contribution in [0.4, 0.5) is 0 Å².